The third-order valence-electron chi connectivity index (χ3n) is 0.680. The molecule has 0 unspecified atom stereocenters. The van der Waals surface area contributed by atoms with Crippen molar-refractivity contribution in [1.29, 1.82) is 0 Å². The molecule has 13 heavy (non-hydrogen) atoms. The molecule has 0 saturated heterocycles. The molecule has 0 aliphatic rings. The zero-order chi connectivity index (χ0) is 10.9. The van der Waals surface area contributed by atoms with E-state index >= 15 is 0 Å². The molecule has 0 N–H and O–H groups in total. The number of carbonyl (C=O) groups is 1. The molecular weight excluding hydrogens is 225 g/mol. The van der Waals surface area contributed by atoms with E-state index in [4.69, 9.17) is 0 Å². The summed E-state index contributed by atoms with van der Waals surface area (Å²) in [6.07, 6.45) is 0. The molecule has 2 nitrogen and oxygen atoms in total. The van der Waals surface area contributed by atoms with Gasteiger partial charge in [0.05, 0.1) is 0 Å². The van der Waals surface area contributed by atoms with Crippen LogP contribution in [0.4, 0.5) is 26.3 Å². The molecule has 78 valence electrons. The molecule has 0 bridgehead atoms. The molecule has 9 heteroatoms. The smallest absolute Gasteiger partial charge is 0.427 e. The van der Waals surface area contributed by atoms with Crippen LogP contribution < -0.4 is 0 Å². The SMILES string of the molecule is CC(=O)OP(C(F)(F)F)C(F)(F)F. The van der Waals surface area contributed by atoms with Crippen LogP contribution in [0.25, 0.3) is 0 Å². The average molecular weight is 228 g/mol. The van der Waals surface area contributed by atoms with Crippen LogP contribution in [0.15, 0.2) is 0 Å². The van der Waals surface area contributed by atoms with Gasteiger partial charge in [0, 0.05) is 6.92 Å². The minimum atomic E-state index is -5.57. The van der Waals surface area contributed by atoms with Crippen LogP contribution in [-0.4, -0.2) is 17.8 Å². The summed E-state index contributed by atoms with van der Waals surface area (Å²) in [5.74, 6) is -12.8. The van der Waals surface area contributed by atoms with Crippen LogP contribution in [0.1, 0.15) is 6.92 Å². The fourth-order valence-corrected chi connectivity index (χ4v) is 1.13. The summed E-state index contributed by atoms with van der Waals surface area (Å²) in [5.41, 5.74) is 0. The molecular formula is C4H3F6O2P. The van der Waals surface area contributed by atoms with Crippen LogP contribution in [0.3, 0.4) is 0 Å². The van der Waals surface area contributed by atoms with Crippen molar-refractivity contribution in [2.45, 2.75) is 18.8 Å². The first-order valence-corrected chi connectivity index (χ1v) is 3.93. The minimum absolute atomic E-state index is 0.479. The lowest BCUT2D eigenvalue weighted by Gasteiger charge is -2.20. The molecule has 0 amide bonds. The predicted molar refractivity (Wildman–Crippen MR) is 30.8 cm³/mol. The maximum absolute atomic E-state index is 11.6. The molecule has 0 aliphatic heterocycles. The molecule has 0 aliphatic carbocycles. The van der Waals surface area contributed by atoms with Gasteiger partial charge in [0.15, 0.2) is 0 Å². The second-order valence-corrected chi connectivity index (χ2v) is 3.60. The Morgan fingerprint density at radius 2 is 1.38 bits per heavy atom. The van der Waals surface area contributed by atoms with Gasteiger partial charge in [-0.1, -0.05) is 0 Å². The fourth-order valence-electron chi connectivity index (χ4n) is 0.376. The molecule has 0 aromatic rings. The van der Waals surface area contributed by atoms with Gasteiger partial charge >= 0.3 is 26.0 Å². The summed E-state index contributed by atoms with van der Waals surface area (Å²) < 4.78 is 72.8. The van der Waals surface area contributed by atoms with Gasteiger partial charge in [0.1, 0.15) is 0 Å². The Kier molecular flexibility index (Phi) is 3.54. The van der Waals surface area contributed by atoms with Crippen LogP contribution >= 0.6 is 8.15 Å². The van der Waals surface area contributed by atoms with E-state index in [1.54, 1.807) is 0 Å². The van der Waals surface area contributed by atoms with Gasteiger partial charge in [-0.3, -0.25) is 4.79 Å². The maximum atomic E-state index is 11.6. The molecule has 0 heterocycles. The number of rotatable bonds is 1. The monoisotopic (exact) mass is 228 g/mol. The van der Waals surface area contributed by atoms with E-state index in [-0.39, 0.29) is 0 Å². The first-order valence-electron chi connectivity index (χ1n) is 2.67. The van der Waals surface area contributed by atoms with E-state index in [9.17, 15) is 31.1 Å². The van der Waals surface area contributed by atoms with Crippen molar-refractivity contribution in [3.8, 4) is 0 Å². The van der Waals surface area contributed by atoms with E-state index in [1.807, 2.05) is 0 Å². The van der Waals surface area contributed by atoms with Crippen molar-refractivity contribution >= 4 is 14.1 Å². The normalized spacial score (nSPS) is 13.2. The van der Waals surface area contributed by atoms with E-state index in [0.29, 0.717) is 6.92 Å². The van der Waals surface area contributed by atoms with E-state index in [0.717, 1.165) is 0 Å². The van der Waals surface area contributed by atoms with Crippen molar-refractivity contribution in [2.75, 3.05) is 0 Å². The van der Waals surface area contributed by atoms with Gasteiger partial charge < -0.3 is 4.52 Å². The Balaban J connectivity index is 4.68. The molecule has 0 fully saturated rings. The lowest BCUT2D eigenvalue weighted by atomic mass is 10.9. The van der Waals surface area contributed by atoms with Gasteiger partial charge in [0.2, 0.25) is 0 Å². The summed E-state index contributed by atoms with van der Waals surface area (Å²) in [6.45, 7) is 0.479. The van der Waals surface area contributed by atoms with Gasteiger partial charge in [0.25, 0.3) is 0 Å². The molecule has 0 spiro atoms. The highest BCUT2D eigenvalue weighted by Gasteiger charge is 2.61. The summed E-state index contributed by atoms with van der Waals surface area (Å²) in [7, 11) is -4.73. The molecule has 0 saturated carbocycles. The standard InChI is InChI=1S/C4H3F6O2P/c1-2(11)12-13(3(5,6)7)4(8,9)10/h1H3. The number of carbonyl (C=O) groups excluding carboxylic acids is 1. The predicted octanol–water partition coefficient (Wildman–Crippen LogP) is 2.99. The first kappa shape index (κ1) is 12.5. The second kappa shape index (κ2) is 3.69. The third kappa shape index (κ3) is 4.31. The Bertz CT molecular complexity index is 182. The molecule has 0 radical (unpaired) electrons. The van der Waals surface area contributed by atoms with E-state index in [1.165, 1.54) is 0 Å². The highest BCUT2D eigenvalue weighted by molar-refractivity contribution is 7.55. The maximum Gasteiger partial charge on any atom is 0.451 e. The van der Waals surface area contributed by atoms with Crippen LogP contribution in [0.5, 0.6) is 0 Å². The minimum Gasteiger partial charge on any atom is -0.427 e. The first-order chi connectivity index (χ1) is 5.55. The number of halogens is 6. The Morgan fingerprint density at radius 3 is 1.46 bits per heavy atom. The number of alkyl halides is 6. The zero-order valence-electron chi connectivity index (χ0n) is 6.03. The van der Waals surface area contributed by atoms with Gasteiger partial charge in [-0.2, -0.15) is 26.3 Å². The van der Waals surface area contributed by atoms with Crippen LogP contribution in [0.2, 0.25) is 0 Å². The Hall–Kier alpha value is -0.520. The van der Waals surface area contributed by atoms with E-state index in [2.05, 4.69) is 4.52 Å². The summed E-state index contributed by atoms with van der Waals surface area (Å²) in [6, 6.07) is 0. The van der Waals surface area contributed by atoms with E-state index < -0.39 is 26.0 Å². The molecule has 0 rings (SSSR count). The summed E-state index contributed by atoms with van der Waals surface area (Å²) in [4.78, 5) is 9.94. The van der Waals surface area contributed by atoms with Gasteiger partial charge in [-0.25, -0.2) is 0 Å². The van der Waals surface area contributed by atoms with Crippen molar-refractivity contribution in [2.24, 2.45) is 0 Å². The topological polar surface area (TPSA) is 26.3 Å². The average Bonchev–Trinajstić information content (AvgIpc) is 1.77. The lowest BCUT2D eigenvalue weighted by Crippen LogP contribution is -2.21. The lowest BCUT2D eigenvalue weighted by molar-refractivity contribution is -0.139. The second-order valence-electron chi connectivity index (χ2n) is 1.81. The number of hydrogen-bond acceptors (Lipinski definition) is 2. The summed E-state index contributed by atoms with van der Waals surface area (Å²) in [5, 5.41) is 0. The van der Waals surface area contributed by atoms with Crippen molar-refractivity contribution < 1.29 is 35.7 Å². The fraction of sp³-hybridized carbons (Fsp3) is 0.750. The molecule has 0 aromatic carbocycles. The quantitative estimate of drug-likeness (QED) is 0.509. The van der Waals surface area contributed by atoms with Crippen molar-refractivity contribution in [1.82, 2.24) is 0 Å². The van der Waals surface area contributed by atoms with Gasteiger partial charge in [-0.05, 0) is 0 Å². The Morgan fingerprint density at radius 1 is 1.08 bits per heavy atom. The zero-order valence-corrected chi connectivity index (χ0v) is 6.93. The van der Waals surface area contributed by atoms with Crippen LogP contribution in [-0.2, 0) is 9.32 Å². The summed E-state index contributed by atoms with van der Waals surface area (Å²) >= 11 is 0. The molecule has 0 aromatic heterocycles. The molecule has 0 atom stereocenters. The number of hydrogen-bond donors (Lipinski definition) is 0. The highest BCUT2D eigenvalue weighted by atomic mass is 31.1. The largest absolute Gasteiger partial charge is 0.451 e. The third-order valence-corrected chi connectivity index (χ3v) is 2.04. The highest BCUT2D eigenvalue weighted by Crippen LogP contribution is 2.65. The Labute approximate surface area is 69.7 Å². The van der Waals surface area contributed by atoms with Gasteiger partial charge in [-0.15, -0.1) is 0 Å². The van der Waals surface area contributed by atoms with Crippen molar-refractivity contribution in [3.63, 3.8) is 0 Å². The van der Waals surface area contributed by atoms with Crippen LogP contribution in [0, 0.1) is 0 Å². The van der Waals surface area contributed by atoms with Crippen molar-refractivity contribution in [3.05, 3.63) is 0 Å².